The number of anilines is 1. The number of hydrogen-bond acceptors (Lipinski definition) is 4. The molecule has 0 atom stereocenters. The van der Waals surface area contributed by atoms with Crippen LogP contribution in [0.5, 0.6) is 0 Å². The lowest BCUT2D eigenvalue weighted by Crippen LogP contribution is -2.36. The summed E-state index contributed by atoms with van der Waals surface area (Å²) < 4.78 is 0. The number of nitrogens with zero attached hydrogens (tertiary/aromatic N) is 2. The van der Waals surface area contributed by atoms with Crippen molar-refractivity contribution in [1.82, 2.24) is 9.88 Å². The number of aromatic nitrogens is 1. The minimum Gasteiger partial charge on any atom is -0.333 e. The molecule has 0 saturated heterocycles. The molecule has 2 aromatic rings. The maximum atomic E-state index is 12.5. The van der Waals surface area contributed by atoms with Gasteiger partial charge >= 0.3 is 0 Å². The molecule has 1 aliphatic heterocycles. The minimum atomic E-state index is -0.0587. The molecule has 0 bridgehead atoms. The van der Waals surface area contributed by atoms with Gasteiger partial charge in [-0.05, 0) is 29.7 Å². The second-order valence-corrected chi connectivity index (χ2v) is 4.80. The summed E-state index contributed by atoms with van der Waals surface area (Å²) in [6.07, 6.45) is 0.886. The quantitative estimate of drug-likeness (QED) is 0.640. The molecular weight excluding hydrogens is 252 g/mol. The predicted octanol–water partition coefficient (Wildman–Crippen LogP) is 1.57. The Kier molecular flexibility index (Phi) is 3.35. The Balaban J connectivity index is 1.82. The van der Waals surface area contributed by atoms with Crippen molar-refractivity contribution in [3.63, 3.8) is 0 Å². The Morgan fingerprint density at radius 3 is 2.75 bits per heavy atom. The molecule has 102 valence electrons. The average Bonchev–Trinajstić information content (AvgIpc) is 2.53. The smallest absolute Gasteiger partial charge is 0.272 e. The summed E-state index contributed by atoms with van der Waals surface area (Å²) in [5.41, 5.74) is 5.41. The van der Waals surface area contributed by atoms with Gasteiger partial charge in [-0.2, -0.15) is 0 Å². The number of nitrogens with two attached hydrogens (primary N) is 1. The van der Waals surface area contributed by atoms with Crippen LogP contribution < -0.4 is 11.3 Å². The van der Waals surface area contributed by atoms with Crippen molar-refractivity contribution in [2.24, 2.45) is 5.84 Å². The monoisotopic (exact) mass is 268 g/mol. The molecule has 20 heavy (non-hydrogen) atoms. The van der Waals surface area contributed by atoms with Crippen LogP contribution in [0.4, 0.5) is 5.82 Å². The molecule has 3 N–H and O–H groups in total. The highest BCUT2D eigenvalue weighted by atomic mass is 16.2. The Morgan fingerprint density at radius 2 is 1.95 bits per heavy atom. The van der Waals surface area contributed by atoms with Gasteiger partial charge in [0, 0.05) is 13.1 Å². The van der Waals surface area contributed by atoms with Gasteiger partial charge in [0.1, 0.15) is 11.5 Å². The van der Waals surface area contributed by atoms with Crippen LogP contribution >= 0.6 is 0 Å². The van der Waals surface area contributed by atoms with Gasteiger partial charge in [0.05, 0.1) is 0 Å². The number of fused-ring (bicyclic) bond motifs is 1. The van der Waals surface area contributed by atoms with Crippen LogP contribution in [-0.2, 0) is 13.0 Å². The average molecular weight is 268 g/mol. The molecule has 1 amide bonds. The van der Waals surface area contributed by atoms with Crippen molar-refractivity contribution >= 4 is 11.7 Å². The van der Waals surface area contributed by atoms with Crippen LogP contribution in [0.1, 0.15) is 21.6 Å². The van der Waals surface area contributed by atoms with Gasteiger partial charge in [-0.1, -0.05) is 30.3 Å². The maximum absolute atomic E-state index is 12.5. The topological polar surface area (TPSA) is 71.2 Å². The highest BCUT2D eigenvalue weighted by Crippen LogP contribution is 2.20. The maximum Gasteiger partial charge on any atom is 0.272 e. The van der Waals surface area contributed by atoms with Gasteiger partial charge in [0.15, 0.2) is 0 Å². The summed E-state index contributed by atoms with van der Waals surface area (Å²) in [7, 11) is 0. The second-order valence-electron chi connectivity index (χ2n) is 4.80. The van der Waals surface area contributed by atoms with Crippen molar-refractivity contribution in [1.29, 1.82) is 0 Å². The van der Waals surface area contributed by atoms with E-state index in [1.54, 1.807) is 18.2 Å². The van der Waals surface area contributed by atoms with Gasteiger partial charge < -0.3 is 10.3 Å². The van der Waals surface area contributed by atoms with Crippen LogP contribution in [0.25, 0.3) is 0 Å². The van der Waals surface area contributed by atoms with Gasteiger partial charge in [-0.15, -0.1) is 0 Å². The van der Waals surface area contributed by atoms with E-state index in [4.69, 9.17) is 5.84 Å². The number of hydrazine groups is 1. The van der Waals surface area contributed by atoms with E-state index in [9.17, 15) is 4.79 Å². The second kappa shape index (κ2) is 5.30. The van der Waals surface area contributed by atoms with Crippen LogP contribution in [-0.4, -0.2) is 22.3 Å². The fraction of sp³-hybridized carbons (Fsp3) is 0.200. The van der Waals surface area contributed by atoms with Crippen molar-refractivity contribution in [2.45, 2.75) is 13.0 Å². The van der Waals surface area contributed by atoms with Crippen molar-refractivity contribution in [2.75, 3.05) is 12.0 Å². The van der Waals surface area contributed by atoms with Crippen LogP contribution in [0.3, 0.4) is 0 Å². The SMILES string of the molecule is NNc1cccc(C(=O)N2CCc3ccccc3C2)n1. The molecule has 1 aromatic carbocycles. The van der Waals surface area contributed by atoms with Gasteiger partial charge in [0.25, 0.3) is 5.91 Å². The van der Waals surface area contributed by atoms with Crippen LogP contribution in [0.2, 0.25) is 0 Å². The molecule has 0 radical (unpaired) electrons. The lowest BCUT2D eigenvalue weighted by molar-refractivity contribution is 0.0729. The number of nitrogen functional groups attached to an aromatic ring is 1. The number of hydrogen-bond donors (Lipinski definition) is 2. The van der Waals surface area contributed by atoms with E-state index in [2.05, 4.69) is 22.5 Å². The predicted molar refractivity (Wildman–Crippen MR) is 76.9 cm³/mol. The first-order valence-electron chi connectivity index (χ1n) is 6.57. The zero-order valence-corrected chi connectivity index (χ0v) is 11.0. The number of benzene rings is 1. The normalized spacial score (nSPS) is 13.8. The number of rotatable bonds is 2. The molecule has 0 spiro atoms. The fourth-order valence-electron chi connectivity index (χ4n) is 2.47. The molecule has 0 unspecified atom stereocenters. The van der Waals surface area contributed by atoms with Crippen molar-refractivity contribution < 1.29 is 4.79 Å². The first-order chi connectivity index (χ1) is 9.78. The summed E-state index contributed by atoms with van der Waals surface area (Å²) in [4.78, 5) is 18.5. The molecule has 3 rings (SSSR count). The first kappa shape index (κ1) is 12.6. The third kappa shape index (κ3) is 2.35. The summed E-state index contributed by atoms with van der Waals surface area (Å²) in [6, 6.07) is 13.4. The number of pyridine rings is 1. The minimum absolute atomic E-state index is 0.0587. The summed E-state index contributed by atoms with van der Waals surface area (Å²) in [6.45, 7) is 1.36. The lowest BCUT2D eigenvalue weighted by atomic mass is 10.00. The first-order valence-corrected chi connectivity index (χ1v) is 6.57. The molecule has 1 aromatic heterocycles. The van der Waals surface area contributed by atoms with Gasteiger partial charge in [-0.25, -0.2) is 10.8 Å². The largest absolute Gasteiger partial charge is 0.333 e. The molecule has 2 heterocycles. The molecular formula is C15H16N4O. The van der Waals surface area contributed by atoms with E-state index in [-0.39, 0.29) is 5.91 Å². The van der Waals surface area contributed by atoms with Crippen molar-refractivity contribution in [3.05, 3.63) is 59.3 Å². The summed E-state index contributed by atoms with van der Waals surface area (Å²) in [5, 5.41) is 0. The molecule has 0 fully saturated rings. The number of nitrogens with one attached hydrogen (secondary N) is 1. The Bertz CT molecular complexity index is 641. The number of carbonyl (C=O) groups excluding carboxylic acids is 1. The third-order valence-corrected chi connectivity index (χ3v) is 3.53. The summed E-state index contributed by atoms with van der Waals surface area (Å²) >= 11 is 0. The molecule has 0 saturated carbocycles. The van der Waals surface area contributed by atoms with E-state index < -0.39 is 0 Å². The van der Waals surface area contributed by atoms with E-state index >= 15 is 0 Å². The highest BCUT2D eigenvalue weighted by Gasteiger charge is 2.22. The fourth-order valence-corrected chi connectivity index (χ4v) is 2.47. The Hall–Kier alpha value is -2.40. The number of amides is 1. The van der Waals surface area contributed by atoms with Crippen LogP contribution in [0, 0.1) is 0 Å². The van der Waals surface area contributed by atoms with E-state index in [1.165, 1.54) is 11.1 Å². The van der Waals surface area contributed by atoms with Crippen LogP contribution in [0.15, 0.2) is 42.5 Å². The van der Waals surface area contributed by atoms with Gasteiger partial charge in [0.2, 0.25) is 0 Å². The lowest BCUT2D eigenvalue weighted by Gasteiger charge is -2.28. The highest BCUT2D eigenvalue weighted by molar-refractivity contribution is 5.92. The van der Waals surface area contributed by atoms with Gasteiger partial charge in [-0.3, -0.25) is 4.79 Å². The Labute approximate surface area is 117 Å². The van der Waals surface area contributed by atoms with Crippen molar-refractivity contribution in [3.8, 4) is 0 Å². The molecule has 1 aliphatic rings. The van der Waals surface area contributed by atoms with E-state index in [1.807, 2.05) is 17.0 Å². The molecule has 5 heteroatoms. The Morgan fingerprint density at radius 1 is 1.15 bits per heavy atom. The zero-order valence-electron chi connectivity index (χ0n) is 11.0. The molecule has 0 aliphatic carbocycles. The third-order valence-electron chi connectivity index (χ3n) is 3.53. The van der Waals surface area contributed by atoms with E-state index in [0.29, 0.717) is 18.1 Å². The zero-order chi connectivity index (χ0) is 13.9. The van der Waals surface area contributed by atoms with E-state index in [0.717, 1.165) is 13.0 Å². The molecule has 5 nitrogen and oxygen atoms in total. The standard InChI is InChI=1S/C15H16N4O/c16-18-14-7-3-6-13(17-14)15(20)19-9-8-11-4-1-2-5-12(11)10-19/h1-7H,8-10,16H2,(H,17,18). The number of carbonyl (C=O) groups is 1. The summed E-state index contributed by atoms with van der Waals surface area (Å²) in [5.74, 6) is 5.76.